The van der Waals surface area contributed by atoms with Crippen LogP contribution in [0.15, 0.2) is 47.1 Å². The van der Waals surface area contributed by atoms with Gasteiger partial charge in [0, 0.05) is 5.69 Å². The second-order valence-electron chi connectivity index (χ2n) is 6.03. The number of alkyl halides is 3. The lowest BCUT2D eigenvalue weighted by atomic mass is 10.2. The van der Waals surface area contributed by atoms with Gasteiger partial charge in [-0.25, -0.2) is 0 Å². The van der Waals surface area contributed by atoms with E-state index in [1.54, 1.807) is 12.1 Å². The molecule has 2 N–H and O–H groups in total. The third kappa shape index (κ3) is 9.97. The largest absolute Gasteiger partial charge is 0.467 e. The molecule has 0 atom stereocenters. The Hall–Kier alpha value is -2.93. The molecule has 3 heterocycles. The predicted molar refractivity (Wildman–Crippen MR) is 134 cm³/mol. The Balaban J connectivity index is 0.000000502. The van der Waals surface area contributed by atoms with Crippen molar-refractivity contribution in [2.45, 2.75) is 27.6 Å². The lowest BCUT2D eigenvalue weighted by Gasteiger charge is -2.10. The Morgan fingerprint density at radius 2 is 1.33 bits per heavy atom. The number of halogens is 7. The minimum Gasteiger partial charge on any atom is -0.467 e. The van der Waals surface area contributed by atoms with Gasteiger partial charge in [-0.05, 0) is 76.7 Å². The minimum absolute atomic E-state index is 0. The maximum Gasteiger partial charge on any atom is 0.416 e. The topological polar surface area (TPSA) is 115 Å². The van der Waals surface area contributed by atoms with E-state index in [0.29, 0.717) is 12.3 Å². The number of nitrogens with one attached hydrogen (secondary N) is 2. The molecule has 16 heteroatoms. The van der Waals surface area contributed by atoms with Crippen LogP contribution in [0.2, 0.25) is 21.1 Å². The molecule has 194 valence electrons. The summed E-state index contributed by atoms with van der Waals surface area (Å²) in [6.07, 6.45) is -2.91. The van der Waals surface area contributed by atoms with Crippen molar-refractivity contribution in [3.05, 3.63) is 75.1 Å². The predicted octanol–water partition coefficient (Wildman–Crippen LogP) is 7.60. The first-order valence-corrected chi connectivity index (χ1v) is 10.4. The van der Waals surface area contributed by atoms with Crippen LogP contribution in [0.5, 0.6) is 0 Å². The van der Waals surface area contributed by atoms with Crippen molar-refractivity contribution in [3.8, 4) is 0 Å². The van der Waals surface area contributed by atoms with E-state index in [4.69, 9.17) is 50.8 Å². The molecule has 4 aromatic rings. The monoisotopic (exact) mass is 584 g/mol. The Morgan fingerprint density at radius 1 is 0.750 bits per heavy atom. The van der Waals surface area contributed by atoms with Gasteiger partial charge in [0.1, 0.15) is 5.76 Å². The quantitative estimate of drug-likeness (QED) is 0.244. The highest BCUT2D eigenvalue weighted by Crippen LogP contribution is 2.31. The molecule has 0 unspecified atom stereocenters. The van der Waals surface area contributed by atoms with Crippen molar-refractivity contribution < 1.29 is 17.6 Å². The molecule has 1 aromatic carbocycles. The number of anilines is 3. The highest BCUT2D eigenvalue weighted by molar-refractivity contribution is 6.33. The van der Waals surface area contributed by atoms with Crippen molar-refractivity contribution in [3.63, 3.8) is 0 Å². The number of benzene rings is 1. The lowest BCUT2D eigenvalue weighted by molar-refractivity contribution is -0.137. The average molecular weight is 586 g/mol. The average Bonchev–Trinajstić information content (AvgIpc) is 3.25. The van der Waals surface area contributed by atoms with E-state index >= 15 is 0 Å². The highest BCUT2D eigenvalue weighted by atomic mass is 35.5. The fraction of sp³-hybridized carbons (Fsp3) is 0.200. The molecule has 0 amide bonds. The first-order valence-electron chi connectivity index (χ1n) is 8.93. The number of nitrogens with zero attached hydrogens (tertiary/aromatic N) is 6. The van der Waals surface area contributed by atoms with E-state index in [1.165, 1.54) is 18.4 Å². The van der Waals surface area contributed by atoms with Gasteiger partial charge in [-0.2, -0.15) is 43.1 Å². The van der Waals surface area contributed by atoms with E-state index < -0.39 is 11.7 Å². The second kappa shape index (κ2) is 14.0. The molecule has 9 nitrogen and oxygen atoms in total. The van der Waals surface area contributed by atoms with E-state index in [2.05, 4.69) is 40.5 Å². The summed E-state index contributed by atoms with van der Waals surface area (Å²) in [5.74, 6) is 0.830. The molecule has 0 bridgehead atoms. The van der Waals surface area contributed by atoms with Crippen molar-refractivity contribution in [2.75, 3.05) is 10.6 Å². The highest BCUT2D eigenvalue weighted by Gasteiger charge is 2.30. The van der Waals surface area contributed by atoms with E-state index in [-0.39, 0.29) is 53.6 Å². The number of hydrogen-bond acceptors (Lipinski definition) is 9. The first-order chi connectivity index (χ1) is 16.1. The number of hydrogen-bond donors (Lipinski definition) is 2. The molecule has 0 radical (unpaired) electrons. The third-order valence-corrected chi connectivity index (χ3v) is 4.28. The Kier molecular flexibility index (Phi) is 12.1. The Bertz CT molecular complexity index is 1200. The van der Waals surface area contributed by atoms with Gasteiger partial charge in [0.15, 0.2) is 0 Å². The van der Waals surface area contributed by atoms with Gasteiger partial charge < -0.3 is 15.1 Å². The molecule has 0 saturated heterocycles. The molecule has 0 aliphatic carbocycles. The zero-order valence-corrected chi connectivity index (χ0v) is 19.5. The summed E-state index contributed by atoms with van der Waals surface area (Å²) < 4.78 is 43.4. The summed E-state index contributed by atoms with van der Waals surface area (Å²) in [4.78, 5) is 22.2. The fourth-order valence-electron chi connectivity index (χ4n) is 2.27. The summed E-state index contributed by atoms with van der Waals surface area (Å²) in [6.45, 7) is 0.316. The van der Waals surface area contributed by atoms with Crippen LogP contribution in [-0.2, 0) is 12.7 Å². The van der Waals surface area contributed by atoms with Gasteiger partial charge in [-0.3, -0.25) is 0 Å². The lowest BCUT2D eigenvalue weighted by Crippen LogP contribution is -2.08. The fourth-order valence-corrected chi connectivity index (χ4v) is 3.04. The maximum absolute atomic E-state index is 12.8. The van der Waals surface area contributed by atoms with Crippen LogP contribution in [0.1, 0.15) is 26.2 Å². The van der Waals surface area contributed by atoms with Gasteiger partial charge in [0.05, 0.1) is 18.4 Å². The van der Waals surface area contributed by atoms with Crippen molar-refractivity contribution >= 4 is 64.0 Å². The number of rotatable bonds is 5. The van der Waals surface area contributed by atoms with Crippen LogP contribution in [0.3, 0.4) is 0 Å². The zero-order chi connectivity index (χ0) is 24.7. The zero-order valence-electron chi connectivity index (χ0n) is 16.5. The van der Waals surface area contributed by atoms with Crippen LogP contribution in [-0.4, -0.2) is 29.9 Å². The molecule has 4 rings (SSSR count). The normalized spacial score (nSPS) is 10.3. The Labute approximate surface area is 224 Å². The summed E-state index contributed by atoms with van der Waals surface area (Å²) in [5.41, 5.74) is -0.608. The molecule has 0 fully saturated rings. The molecule has 0 saturated carbocycles. The van der Waals surface area contributed by atoms with Crippen molar-refractivity contribution in [2.24, 2.45) is 0 Å². The van der Waals surface area contributed by atoms with Gasteiger partial charge >= 0.3 is 6.18 Å². The first kappa shape index (κ1) is 31.1. The van der Waals surface area contributed by atoms with Crippen LogP contribution >= 0.6 is 46.4 Å². The maximum atomic E-state index is 12.8. The SMILES string of the molecule is C.C.Clc1nc(Cl)nc(Cl)n1.FC(F)(F)c1cccc(Nc2nc(Cl)nc(NCc3ccco3)n2)c1. The number of aromatic nitrogens is 6. The van der Waals surface area contributed by atoms with Crippen LogP contribution in [0.4, 0.5) is 30.8 Å². The minimum atomic E-state index is -4.44. The molecular weight excluding hydrogens is 567 g/mol. The molecule has 0 spiro atoms. The van der Waals surface area contributed by atoms with E-state index in [1.807, 2.05) is 0 Å². The standard InChI is InChI=1S/C15H11ClF3N5O.C3Cl3N3.2CH4/c16-12-22-13(20-8-11-5-2-6-25-11)24-14(23-12)21-10-4-1-3-9(7-10)15(17,18)19;4-1-7-2(5)9-3(6)8-1;;/h1-7H,8H2,(H2,20,21,22,23,24);;2*1H4. The van der Waals surface area contributed by atoms with Gasteiger partial charge in [-0.15, -0.1) is 0 Å². The van der Waals surface area contributed by atoms with Crippen LogP contribution in [0.25, 0.3) is 0 Å². The second-order valence-corrected chi connectivity index (χ2v) is 7.38. The molecule has 3 aromatic heterocycles. The summed E-state index contributed by atoms with van der Waals surface area (Å²) in [7, 11) is 0. The summed E-state index contributed by atoms with van der Waals surface area (Å²) in [6, 6.07) is 8.16. The Morgan fingerprint density at radius 3 is 1.89 bits per heavy atom. The van der Waals surface area contributed by atoms with Crippen LogP contribution in [0, 0.1) is 0 Å². The van der Waals surface area contributed by atoms with Crippen LogP contribution < -0.4 is 10.6 Å². The molecule has 0 aliphatic heterocycles. The van der Waals surface area contributed by atoms with Gasteiger partial charge in [0.25, 0.3) is 0 Å². The smallest absolute Gasteiger partial charge is 0.416 e. The molecule has 0 aliphatic rings. The number of furan rings is 1. The van der Waals surface area contributed by atoms with Gasteiger partial charge in [-0.1, -0.05) is 20.9 Å². The van der Waals surface area contributed by atoms with E-state index in [0.717, 1.165) is 12.1 Å². The van der Waals surface area contributed by atoms with E-state index in [9.17, 15) is 13.2 Å². The van der Waals surface area contributed by atoms with Crippen molar-refractivity contribution in [1.29, 1.82) is 0 Å². The summed E-state index contributed by atoms with van der Waals surface area (Å²) >= 11 is 21.8. The summed E-state index contributed by atoms with van der Waals surface area (Å²) in [5, 5.41) is 5.46. The van der Waals surface area contributed by atoms with Crippen molar-refractivity contribution in [1.82, 2.24) is 29.9 Å². The molecule has 36 heavy (non-hydrogen) atoms. The third-order valence-electron chi connectivity index (χ3n) is 3.61. The molecular formula is C20H19Cl4F3N8O. The van der Waals surface area contributed by atoms with Gasteiger partial charge in [0.2, 0.25) is 33.0 Å².